The summed E-state index contributed by atoms with van der Waals surface area (Å²) < 4.78 is 0. The van der Waals surface area contributed by atoms with E-state index >= 15 is 0 Å². The third-order valence-electron chi connectivity index (χ3n) is 5.35. The molecule has 26 heavy (non-hydrogen) atoms. The van der Waals surface area contributed by atoms with E-state index in [9.17, 15) is 4.79 Å². The summed E-state index contributed by atoms with van der Waals surface area (Å²) in [7, 11) is 0. The number of carbonyl (C=O) groups is 1. The summed E-state index contributed by atoms with van der Waals surface area (Å²) in [6, 6.07) is 3.91. The number of allylic oxidation sites excluding steroid dienone is 1. The first-order valence-electron chi connectivity index (χ1n) is 9.72. The predicted octanol–water partition coefficient (Wildman–Crippen LogP) is 3.91. The maximum absolute atomic E-state index is 12.6. The van der Waals surface area contributed by atoms with Gasteiger partial charge in [0.2, 0.25) is 5.91 Å². The molecule has 0 aromatic carbocycles. The van der Waals surface area contributed by atoms with Gasteiger partial charge in [0.1, 0.15) is 10.3 Å². The Morgan fingerprint density at radius 3 is 3.15 bits per heavy atom. The molecule has 1 atom stereocenters. The lowest BCUT2D eigenvalue weighted by Gasteiger charge is -2.31. The van der Waals surface area contributed by atoms with Crippen molar-refractivity contribution in [2.75, 3.05) is 24.5 Å². The number of hydrogen-bond donors (Lipinski definition) is 1. The van der Waals surface area contributed by atoms with E-state index in [0.717, 1.165) is 54.4 Å². The lowest BCUT2D eigenvalue weighted by molar-refractivity contribution is -0.125. The number of rotatable bonds is 5. The van der Waals surface area contributed by atoms with Crippen molar-refractivity contribution in [3.63, 3.8) is 0 Å². The number of anilines is 1. The van der Waals surface area contributed by atoms with Crippen LogP contribution in [0.25, 0.3) is 10.3 Å². The minimum atomic E-state index is 0.0593. The number of aromatic nitrogens is 2. The van der Waals surface area contributed by atoms with E-state index in [1.165, 1.54) is 31.3 Å². The van der Waals surface area contributed by atoms with Gasteiger partial charge in [-0.25, -0.2) is 9.97 Å². The van der Waals surface area contributed by atoms with E-state index in [0.29, 0.717) is 0 Å². The smallest absolute Gasteiger partial charge is 0.224 e. The molecule has 2 aliphatic rings. The maximum atomic E-state index is 12.6. The Balaban J connectivity index is 1.32. The van der Waals surface area contributed by atoms with E-state index in [4.69, 9.17) is 4.98 Å². The van der Waals surface area contributed by atoms with Gasteiger partial charge in [-0.15, -0.1) is 0 Å². The average Bonchev–Trinajstić information content (AvgIpc) is 3.13. The monoisotopic (exact) mass is 370 g/mol. The summed E-state index contributed by atoms with van der Waals surface area (Å²) >= 11 is 1.62. The van der Waals surface area contributed by atoms with E-state index in [1.54, 1.807) is 17.5 Å². The van der Waals surface area contributed by atoms with Gasteiger partial charge in [-0.05, 0) is 57.1 Å². The fourth-order valence-corrected chi connectivity index (χ4v) is 4.82. The van der Waals surface area contributed by atoms with Crippen molar-refractivity contribution in [1.29, 1.82) is 0 Å². The molecule has 0 bridgehead atoms. The van der Waals surface area contributed by atoms with E-state index in [2.05, 4.69) is 21.3 Å². The van der Waals surface area contributed by atoms with Gasteiger partial charge in [-0.3, -0.25) is 4.79 Å². The highest BCUT2D eigenvalue weighted by Crippen LogP contribution is 2.30. The molecule has 1 unspecified atom stereocenters. The van der Waals surface area contributed by atoms with Crippen molar-refractivity contribution in [3.05, 3.63) is 30.0 Å². The number of fused-ring (bicyclic) bond motifs is 1. The first kappa shape index (κ1) is 17.5. The van der Waals surface area contributed by atoms with E-state index < -0.39 is 0 Å². The van der Waals surface area contributed by atoms with Gasteiger partial charge in [0.15, 0.2) is 5.13 Å². The van der Waals surface area contributed by atoms with Crippen LogP contribution in [0.15, 0.2) is 30.0 Å². The first-order chi connectivity index (χ1) is 12.8. The molecule has 1 aliphatic carbocycles. The van der Waals surface area contributed by atoms with Crippen molar-refractivity contribution in [2.24, 2.45) is 5.92 Å². The highest BCUT2D eigenvalue weighted by molar-refractivity contribution is 7.21. The molecule has 0 spiro atoms. The van der Waals surface area contributed by atoms with Crippen molar-refractivity contribution in [2.45, 2.75) is 44.9 Å². The summed E-state index contributed by atoms with van der Waals surface area (Å²) in [6.07, 6.45) is 12.2. The minimum absolute atomic E-state index is 0.0593. The number of nitrogens with one attached hydrogen (secondary N) is 1. The topological polar surface area (TPSA) is 58.1 Å². The normalized spacial score (nSPS) is 20.8. The molecule has 3 heterocycles. The van der Waals surface area contributed by atoms with Gasteiger partial charge in [0, 0.05) is 25.8 Å². The zero-order valence-corrected chi connectivity index (χ0v) is 15.9. The Hall–Kier alpha value is -1.95. The summed E-state index contributed by atoms with van der Waals surface area (Å²) in [5, 5.41) is 4.15. The molecule has 6 heteroatoms. The highest BCUT2D eigenvalue weighted by atomic mass is 32.1. The van der Waals surface area contributed by atoms with Crippen LogP contribution in [0.1, 0.15) is 44.9 Å². The zero-order chi connectivity index (χ0) is 17.8. The molecule has 138 valence electrons. The van der Waals surface area contributed by atoms with Gasteiger partial charge in [-0.2, -0.15) is 0 Å². The molecule has 0 saturated carbocycles. The zero-order valence-electron chi connectivity index (χ0n) is 15.1. The number of thiazole rings is 1. The molecular formula is C20H26N4OS. The minimum Gasteiger partial charge on any atom is -0.355 e. The molecule has 1 fully saturated rings. The van der Waals surface area contributed by atoms with E-state index in [-0.39, 0.29) is 11.8 Å². The fraction of sp³-hybridized carbons (Fsp3) is 0.550. The van der Waals surface area contributed by atoms with Crippen LogP contribution in [-0.4, -0.2) is 35.5 Å². The standard InChI is InChI=1S/C20H26N4OS/c25-18(21-12-10-15-6-2-1-3-7-15)16-8-5-13-24(14-16)20-23-17-9-4-11-22-19(17)26-20/h4,6,9,11,16H,1-3,5,7-8,10,12-14H2,(H,21,25). The van der Waals surface area contributed by atoms with Gasteiger partial charge < -0.3 is 10.2 Å². The third-order valence-corrected chi connectivity index (χ3v) is 6.39. The quantitative estimate of drug-likeness (QED) is 0.811. The number of piperidine rings is 1. The number of hydrogen-bond acceptors (Lipinski definition) is 5. The molecule has 1 aliphatic heterocycles. The molecule has 4 rings (SSSR count). The molecule has 1 N–H and O–H groups in total. The molecule has 1 saturated heterocycles. The second-order valence-electron chi connectivity index (χ2n) is 7.26. The molecular weight excluding hydrogens is 344 g/mol. The van der Waals surface area contributed by atoms with Crippen LogP contribution in [-0.2, 0) is 4.79 Å². The molecule has 2 aromatic rings. The number of pyridine rings is 1. The molecule has 5 nitrogen and oxygen atoms in total. The summed E-state index contributed by atoms with van der Waals surface area (Å²) in [5.41, 5.74) is 2.46. The maximum Gasteiger partial charge on any atom is 0.224 e. The van der Waals surface area contributed by atoms with Crippen LogP contribution >= 0.6 is 11.3 Å². The van der Waals surface area contributed by atoms with Crippen molar-refractivity contribution in [1.82, 2.24) is 15.3 Å². The van der Waals surface area contributed by atoms with Crippen LogP contribution in [0.3, 0.4) is 0 Å². The Kier molecular flexibility index (Phi) is 5.48. The summed E-state index contributed by atoms with van der Waals surface area (Å²) in [6.45, 7) is 2.50. The number of carbonyl (C=O) groups excluding carboxylic acids is 1. The van der Waals surface area contributed by atoms with Crippen LogP contribution in [0.2, 0.25) is 0 Å². The highest BCUT2D eigenvalue weighted by Gasteiger charge is 2.27. The van der Waals surface area contributed by atoms with Crippen LogP contribution in [0.5, 0.6) is 0 Å². The third kappa shape index (κ3) is 4.06. The molecule has 1 amide bonds. The SMILES string of the molecule is O=C(NCCC1=CCCCC1)C1CCCN(c2nc3cccnc3s2)C1. The average molecular weight is 371 g/mol. The second kappa shape index (κ2) is 8.16. The van der Waals surface area contributed by atoms with Crippen LogP contribution < -0.4 is 10.2 Å². The number of nitrogens with zero attached hydrogens (tertiary/aromatic N) is 3. The van der Waals surface area contributed by atoms with Gasteiger partial charge in [0.05, 0.1) is 5.92 Å². The Bertz CT molecular complexity index is 767. The van der Waals surface area contributed by atoms with Crippen molar-refractivity contribution < 1.29 is 4.79 Å². The summed E-state index contributed by atoms with van der Waals surface area (Å²) in [4.78, 5) is 24.9. The van der Waals surface area contributed by atoms with Gasteiger partial charge >= 0.3 is 0 Å². The predicted molar refractivity (Wildman–Crippen MR) is 107 cm³/mol. The van der Waals surface area contributed by atoms with Crippen molar-refractivity contribution in [3.8, 4) is 0 Å². The first-order valence-corrected chi connectivity index (χ1v) is 10.5. The Labute approximate surface area is 158 Å². The van der Waals surface area contributed by atoms with Gasteiger partial charge in [-0.1, -0.05) is 23.0 Å². The second-order valence-corrected chi connectivity index (χ2v) is 8.21. The Morgan fingerprint density at radius 2 is 2.31 bits per heavy atom. The van der Waals surface area contributed by atoms with Gasteiger partial charge in [0.25, 0.3) is 0 Å². The molecule has 0 radical (unpaired) electrons. The number of amides is 1. The largest absolute Gasteiger partial charge is 0.355 e. The van der Waals surface area contributed by atoms with Crippen molar-refractivity contribution >= 4 is 32.7 Å². The summed E-state index contributed by atoms with van der Waals surface area (Å²) in [5.74, 6) is 0.259. The Morgan fingerprint density at radius 1 is 1.35 bits per heavy atom. The lowest BCUT2D eigenvalue weighted by Crippen LogP contribution is -2.43. The van der Waals surface area contributed by atoms with Crippen LogP contribution in [0.4, 0.5) is 5.13 Å². The fourth-order valence-electron chi connectivity index (χ4n) is 3.88. The lowest BCUT2D eigenvalue weighted by atomic mass is 9.96. The molecule has 2 aromatic heterocycles. The van der Waals surface area contributed by atoms with Crippen LogP contribution in [0, 0.1) is 5.92 Å². The van der Waals surface area contributed by atoms with E-state index in [1.807, 2.05) is 12.1 Å².